The zero-order valence-electron chi connectivity index (χ0n) is 25.7. The molecular formula is C34H49F6NO2. The predicted molar refractivity (Wildman–Crippen MR) is 156 cm³/mol. The summed E-state index contributed by atoms with van der Waals surface area (Å²) in [7, 11) is 2.03. The topological polar surface area (TPSA) is 40.5 Å². The molecule has 0 saturated heterocycles. The van der Waals surface area contributed by atoms with Crippen molar-refractivity contribution in [1.82, 2.24) is 4.90 Å². The maximum absolute atomic E-state index is 15.9. The normalized spacial score (nSPS) is 29.0. The average Bonchev–Trinajstić information content (AvgIpc) is 3.31. The van der Waals surface area contributed by atoms with E-state index in [4.69, 9.17) is 0 Å². The van der Waals surface area contributed by atoms with Crippen LogP contribution in [0.15, 0.2) is 18.2 Å². The lowest BCUT2D eigenvalue weighted by molar-refractivity contribution is -0.284. The Morgan fingerprint density at radius 2 is 1.58 bits per heavy atom. The van der Waals surface area contributed by atoms with E-state index in [1.807, 2.05) is 7.05 Å². The SMILES string of the molecule is CN(CCCCCCCC(F)(F)C(F)(F)F)CCCCCC[C@@H]1C(=O)c2cc(O)ccc2[C@@H]2[C@@H]1[C@@H]1CCC[C@@]1(C)C[C@@H]2F. The second-order valence-electron chi connectivity index (χ2n) is 13.9. The third-order valence-electron chi connectivity index (χ3n) is 10.8. The number of ketones is 1. The van der Waals surface area contributed by atoms with E-state index in [-0.39, 0.29) is 41.1 Å². The molecule has 3 aliphatic rings. The number of phenolic OH excluding ortho intramolecular Hbond substituents is 1. The minimum Gasteiger partial charge on any atom is -0.508 e. The third-order valence-corrected chi connectivity index (χ3v) is 10.8. The van der Waals surface area contributed by atoms with Crippen molar-refractivity contribution in [1.29, 1.82) is 0 Å². The van der Waals surface area contributed by atoms with Gasteiger partial charge in [0.15, 0.2) is 5.78 Å². The summed E-state index contributed by atoms with van der Waals surface area (Å²) in [5.74, 6) is -4.57. The lowest BCUT2D eigenvalue weighted by Gasteiger charge is -2.53. The zero-order valence-corrected chi connectivity index (χ0v) is 25.7. The molecule has 244 valence electrons. The van der Waals surface area contributed by atoms with Crippen LogP contribution in [0.2, 0.25) is 0 Å². The molecule has 4 rings (SSSR count). The Hall–Kier alpha value is -1.77. The molecule has 43 heavy (non-hydrogen) atoms. The highest BCUT2D eigenvalue weighted by Gasteiger charge is 2.59. The van der Waals surface area contributed by atoms with E-state index < -0.39 is 24.7 Å². The van der Waals surface area contributed by atoms with Gasteiger partial charge in [-0.05, 0) is 100 Å². The molecule has 9 heteroatoms. The number of phenols is 1. The van der Waals surface area contributed by atoms with Crippen molar-refractivity contribution in [2.45, 2.75) is 127 Å². The Balaban J connectivity index is 1.17. The minimum atomic E-state index is -5.46. The number of fused-ring (bicyclic) bond motifs is 5. The van der Waals surface area contributed by atoms with E-state index in [0.29, 0.717) is 30.7 Å². The number of aromatic hydroxyl groups is 1. The van der Waals surface area contributed by atoms with Gasteiger partial charge in [-0.25, -0.2) is 4.39 Å². The van der Waals surface area contributed by atoms with E-state index >= 15 is 4.39 Å². The fraction of sp³-hybridized carbons (Fsp3) is 0.794. The first-order valence-corrected chi connectivity index (χ1v) is 16.4. The number of unbranched alkanes of at least 4 members (excludes halogenated alkanes) is 7. The van der Waals surface area contributed by atoms with Crippen LogP contribution in [0.4, 0.5) is 26.3 Å². The second-order valence-corrected chi connectivity index (χ2v) is 13.9. The number of carbonyl (C=O) groups is 1. The predicted octanol–water partition coefficient (Wildman–Crippen LogP) is 9.87. The number of hydrogen-bond donors (Lipinski definition) is 1. The average molecular weight is 618 g/mol. The highest BCUT2D eigenvalue weighted by Crippen LogP contribution is 2.63. The van der Waals surface area contributed by atoms with Gasteiger partial charge >= 0.3 is 12.1 Å². The van der Waals surface area contributed by atoms with Crippen LogP contribution >= 0.6 is 0 Å². The quantitative estimate of drug-likeness (QED) is 0.157. The lowest BCUT2D eigenvalue weighted by Crippen LogP contribution is -2.50. The number of carbonyl (C=O) groups excluding carboxylic acids is 1. The summed E-state index contributed by atoms with van der Waals surface area (Å²) in [6.45, 7) is 3.99. The monoisotopic (exact) mass is 617 g/mol. The molecule has 1 aromatic carbocycles. The summed E-state index contributed by atoms with van der Waals surface area (Å²) in [5.41, 5.74) is 1.26. The van der Waals surface area contributed by atoms with Crippen molar-refractivity contribution >= 4 is 5.78 Å². The number of Topliss-reactive ketones (excluding diaryl/α,β-unsaturated/α-hetero) is 1. The fourth-order valence-electron chi connectivity index (χ4n) is 8.53. The Labute approximate surface area is 252 Å². The van der Waals surface area contributed by atoms with Crippen LogP contribution in [-0.2, 0) is 0 Å². The van der Waals surface area contributed by atoms with E-state index in [9.17, 15) is 31.9 Å². The Morgan fingerprint density at radius 3 is 2.26 bits per heavy atom. The second kappa shape index (κ2) is 14.1. The maximum atomic E-state index is 15.9. The Bertz CT molecular complexity index is 1080. The summed E-state index contributed by atoms with van der Waals surface area (Å²) in [6.07, 6.45) is 3.42. The molecule has 0 amide bonds. The molecule has 0 aliphatic heterocycles. The van der Waals surface area contributed by atoms with Gasteiger partial charge in [-0.2, -0.15) is 22.0 Å². The van der Waals surface area contributed by atoms with Gasteiger partial charge in [-0.3, -0.25) is 4.79 Å². The van der Waals surface area contributed by atoms with Gasteiger partial charge < -0.3 is 10.0 Å². The van der Waals surface area contributed by atoms with Crippen molar-refractivity contribution in [2.75, 3.05) is 20.1 Å². The number of rotatable bonds is 15. The first kappa shape index (κ1) is 34.1. The van der Waals surface area contributed by atoms with Crippen molar-refractivity contribution in [3.63, 3.8) is 0 Å². The molecule has 0 bridgehead atoms. The van der Waals surface area contributed by atoms with Gasteiger partial charge in [0, 0.05) is 23.8 Å². The first-order valence-electron chi connectivity index (χ1n) is 16.4. The van der Waals surface area contributed by atoms with Gasteiger partial charge in [-0.1, -0.05) is 57.9 Å². The molecule has 3 aliphatic carbocycles. The van der Waals surface area contributed by atoms with E-state index in [0.717, 1.165) is 82.9 Å². The van der Waals surface area contributed by atoms with E-state index in [2.05, 4.69) is 11.8 Å². The van der Waals surface area contributed by atoms with Crippen LogP contribution in [0.3, 0.4) is 0 Å². The van der Waals surface area contributed by atoms with Crippen LogP contribution in [-0.4, -0.2) is 54.2 Å². The van der Waals surface area contributed by atoms with Crippen LogP contribution < -0.4 is 0 Å². The molecule has 2 fully saturated rings. The van der Waals surface area contributed by atoms with Crippen LogP contribution in [0, 0.1) is 23.2 Å². The molecule has 0 unspecified atom stereocenters. The molecule has 0 spiro atoms. The molecule has 0 heterocycles. The van der Waals surface area contributed by atoms with Gasteiger partial charge in [-0.15, -0.1) is 0 Å². The van der Waals surface area contributed by atoms with Crippen LogP contribution in [0.5, 0.6) is 5.75 Å². The molecule has 1 aromatic rings. The van der Waals surface area contributed by atoms with Gasteiger partial charge in [0.2, 0.25) is 0 Å². The molecule has 1 N–H and O–H groups in total. The van der Waals surface area contributed by atoms with E-state index in [1.54, 1.807) is 12.1 Å². The summed E-state index contributed by atoms with van der Waals surface area (Å²) in [4.78, 5) is 16.0. The van der Waals surface area contributed by atoms with Gasteiger partial charge in [0.25, 0.3) is 0 Å². The van der Waals surface area contributed by atoms with Crippen molar-refractivity contribution in [2.24, 2.45) is 23.2 Å². The number of hydrogen-bond acceptors (Lipinski definition) is 3. The number of benzene rings is 1. The number of halogens is 6. The first-order chi connectivity index (χ1) is 20.2. The molecule has 0 aromatic heterocycles. The fourth-order valence-corrected chi connectivity index (χ4v) is 8.53. The van der Waals surface area contributed by atoms with Crippen molar-refractivity contribution < 1.29 is 36.2 Å². The largest absolute Gasteiger partial charge is 0.508 e. The zero-order chi connectivity index (χ0) is 31.4. The van der Waals surface area contributed by atoms with Crippen LogP contribution in [0.25, 0.3) is 0 Å². The van der Waals surface area contributed by atoms with E-state index in [1.165, 1.54) is 6.07 Å². The van der Waals surface area contributed by atoms with Crippen LogP contribution in [0.1, 0.15) is 125 Å². The summed E-state index contributed by atoms with van der Waals surface area (Å²) < 4.78 is 78.4. The highest BCUT2D eigenvalue weighted by molar-refractivity contribution is 6.01. The highest BCUT2D eigenvalue weighted by atomic mass is 19.4. The molecule has 6 atom stereocenters. The summed E-state index contributed by atoms with van der Waals surface area (Å²) in [5, 5.41) is 10.1. The van der Waals surface area contributed by atoms with Gasteiger partial charge in [0.05, 0.1) is 0 Å². The standard InChI is InChI=1S/C34H49F6NO2/c1-32-17-12-14-27(32)29-25(31(43)26-21-23(42)15-16-24(26)30(29)28(35)22-32)13-8-4-7-11-20-41(2)19-10-6-3-5-9-18-33(36,37)34(38,39)40/h15-16,21,25,27-30,42H,3-14,17-20,22H2,1-2H3/t25-,27-,28-,29-,30-,32-/m0/s1. The smallest absolute Gasteiger partial charge is 0.453 e. The number of nitrogens with zero attached hydrogens (tertiary/aromatic N) is 1. The minimum absolute atomic E-state index is 0.0213. The molecular weight excluding hydrogens is 568 g/mol. The summed E-state index contributed by atoms with van der Waals surface area (Å²) in [6, 6.07) is 4.90. The summed E-state index contributed by atoms with van der Waals surface area (Å²) >= 11 is 0. The third kappa shape index (κ3) is 7.91. The Kier molecular flexibility index (Phi) is 11.2. The lowest BCUT2D eigenvalue weighted by atomic mass is 9.51. The van der Waals surface area contributed by atoms with Gasteiger partial charge in [0.1, 0.15) is 11.9 Å². The maximum Gasteiger partial charge on any atom is 0.453 e. The molecule has 2 saturated carbocycles. The van der Waals surface area contributed by atoms with Crippen molar-refractivity contribution in [3.8, 4) is 5.75 Å². The molecule has 3 nitrogen and oxygen atoms in total. The number of alkyl halides is 6. The Morgan fingerprint density at radius 1 is 0.953 bits per heavy atom. The molecule has 0 radical (unpaired) electrons. The van der Waals surface area contributed by atoms with Crippen molar-refractivity contribution in [3.05, 3.63) is 29.3 Å².